The fraction of sp³-hybridized carbons (Fsp3) is 0.857. The molecule has 2 N–H and O–H groups in total. The van der Waals surface area contributed by atoms with Gasteiger partial charge in [0, 0.05) is 45.2 Å². The molecule has 1 aliphatic carbocycles. The highest BCUT2D eigenvalue weighted by Gasteiger charge is 2.33. The number of rotatable bonds is 5. The number of carboxylic acids is 1. The van der Waals surface area contributed by atoms with Crippen LogP contribution >= 0.6 is 0 Å². The molecule has 2 aliphatic rings. The second-order valence-corrected chi connectivity index (χ2v) is 5.98. The van der Waals surface area contributed by atoms with E-state index in [2.05, 4.69) is 22.2 Å². The van der Waals surface area contributed by atoms with Crippen LogP contribution in [0.25, 0.3) is 0 Å². The lowest BCUT2D eigenvalue weighted by Crippen LogP contribution is -2.47. The Morgan fingerprint density at radius 1 is 1.15 bits per heavy atom. The zero-order chi connectivity index (χ0) is 14.5. The second kappa shape index (κ2) is 7.04. The van der Waals surface area contributed by atoms with Crippen LogP contribution in [0.15, 0.2) is 0 Å². The minimum absolute atomic E-state index is 0.0304. The highest BCUT2D eigenvalue weighted by atomic mass is 16.4. The molecule has 1 amide bonds. The van der Waals surface area contributed by atoms with Crippen molar-refractivity contribution in [3.05, 3.63) is 0 Å². The molecule has 1 aliphatic heterocycles. The van der Waals surface area contributed by atoms with Crippen LogP contribution in [-0.2, 0) is 9.59 Å². The van der Waals surface area contributed by atoms with Gasteiger partial charge in [-0.05, 0) is 26.3 Å². The van der Waals surface area contributed by atoms with Crippen LogP contribution in [0, 0.1) is 11.8 Å². The molecule has 1 saturated carbocycles. The predicted molar refractivity (Wildman–Crippen MR) is 75.4 cm³/mol. The van der Waals surface area contributed by atoms with E-state index < -0.39 is 5.97 Å². The predicted octanol–water partition coefficient (Wildman–Crippen LogP) is -0.149. The number of likely N-dealkylation sites (N-methyl/N-ethyl adjacent to an activating group) is 1. The number of hydrogen-bond donors (Lipinski definition) is 2. The largest absolute Gasteiger partial charge is 0.481 e. The summed E-state index contributed by atoms with van der Waals surface area (Å²) in [7, 11) is 2.12. The van der Waals surface area contributed by atoms with E-state index >= 15 is 0 Å². The highest BCUT2D eigenvalue weighted by Crippen LogP contribution is 2.30. The molecule has 0 radical (unpaired) electrons. The quantitative estimate of drug-likeness (QED) is 0.734. The second-order valence-electron chi connectivity index (χ2n) is 5.98. The average Bonchev–Trinajstić information content (AvgIpc) is 2.91. The number of carboxylic acid groups (broad SMARTS) is 1. The maximum atomic E-state index is 12.0. The first-order valence-corrected chi connectivity index (χ1v) is 7.47. The van der Waals surface area contributed by atoms with Crippen LogP contribution in [0.4, 0.5) is 0 Å². The molecule has 2 rings (SSSR count). The minimum Gasteiger partial charge on any atom is -0.481 e. The van der Waals surface area contributed by atoms with Crippen molar-refractivity contribution >= 4 is 11.9 Å². The molecule has 1 heterocycles. The number of nitrogens with one attached hydrogen (secondary N) is 1. The van der Waals surface area contributed by atoms with Crippen molar-refractivity contribution in [2.45, 2.75) is 19.3 Å². The van der Waals surface area contributed by atoms with Crippen LogP contribution in [0.5, 0.6) is 0 Å². The number of carbonyl (C=O) groups is 2. The van der Waals surface area contributed by atoms with Gasteiger partial charge in [0.25, 0.3) is 0 Å². The molecule has 0 spiro atoms. The maximum Gasteiger partial charge on any atom is 0.306 e. The van der Waals surface area contributed by atoms with Crippen molar-refractivity contribution in [2.75, 3.05) is 46.3 Å². The number of amides is 1. The molecule has 0 bridgehead atoms. The molecule has 0 aromatic rings. The summed E-state index contributed by atoms with van der Waals surface area (Å²) in [6, 6.07) is 0. The van der Waals surface area contributed by atoms with Gasteiger partial charge in [-0.3, -0.25) is 14.5 Å². The lowest BCUT2D eigenvalue weighted by molar-refractivity contribution is -0.141. The summed E-state index contributed by atoms with van der Waals surface area (Å²) in [6.45, 7) is 5.81. The van der Waals surface area contributed by atoms with E-state index in [1.807, 2.05) is 0 Å². The smallest absolute Gasteiger partial charge is 0.306 e. The SMILES string of the molecule is CN1CCN(CCNC(=O)C2CCC(C(=O)O)C2)CC1. The van der Waals surface area contributed by atoms with Gasteiger partial charge in [0.2, 0.25) is 5.91 Å². The van der Waals surface area contributed by atoms with Gasteiger partial charge in [0.1, 0.15) is 0 Å². The third kappa shape index (κ3) is 4.18. The summed E-state index contributed by atoms with van der Waals surface area (Å²) in [5, 5.41) is 11.9. The maximum absolute atomic E-state index is 12.0. The van der Waals surface area contributed by atoms with Crippen molar-refractivity contribution in [3.8, 4) is 0 Å². The van der Waals surface area contributed by atoms with Gasteiger partial charge < -0.3 is 15.3 Å². The summed E-state index contributed by atoms with van der Waals surface area (Å²) in [4.78, 5) is 27.5. The van der Waals surface area contributed by atoms with Crippen molar-refractivity contribution < 1.29 is 14.7 Å². The molecular formula is C14H25N3O3. The van der Waals surface area contributed by atoms with Crippen molar-refractivity contribution in [1.29, 1.82) is 0 Å². The van der Waals surface area contributed by atoms with E-state index in [-0.39, 0.29) is 17.7 Å². The summed E-state index contributed by atoms with van der Waals surface area (Å²) in [5.41, 5.74) is 0. The summed E-state index contributed by atoms with van der Waals surface area (Å²) in [5.74, 6) is -1.17. The van der Waals surface area contributed by atoms with Gasteiger partial charge in [-0.1, -0.05) is 0 Å². The zero-order valence-electron chi connectivity index (χ0n) is 12.2. The Hall–Kier alpha value is -1.14. The third-order valence-electron chi connectivity index (χ3n) is 4.48. The summed E-state index contributed by atoms with van der Waals surface area (Å²) < 4.78 is 0. The highest BCUT2D eigenvalue weighted by molar-refractivity contribution is 5.80. The summed E-state index contributed by atoms with van der Waals surface area (Å²) >= 11 is 0. The molecule has 114 valence electrons. The first-order chi connectivity index (χ1) is 9.56. The van der Waals surface area contributed by atoms with Crippen LogP contribution in [0.2, 0.25) is 0 Å². The lowest BCUT2D eigenvalue weighted by atomic mass is 10.0. The van der Waals surface area contributed by atoms with Gasteiger partial charge >= 0.3 is 5.97 Å². The Labute approximate surface area is 120 Å². The summed E-state index contributed by atoms with van der Waals surface area (Å²) in [6.07, 6.45) is 1.83. The van der Waals surface area contributed by atoms with Gasteiger partial charge in [0.05, 0.1) is 5.92 Å². The van der Waals surface area contributed by atoms with Crippen molar-refractivity contribution in [1.82, 2.24) is 15.1 Å². The first kappa shape index (κ1) is 15.3. The van der Waals surface area contributed by atoms with Crippen LogP contribution in [0.3, 0.4) is 0 Å². The van der Waals surface area contributed by atoms with Crippen LogP contribution in [0.1, 0.15) is 19.3 Å². The van der Waals surface area contributed by atoms with E-state index in [0.717, 1.165) is 32.7 Å². The number of carbonyl (C=O) groups excluding carboxylic acids is 1. The fourth-order valence-corrected chi connectivity index (χ4v) is 3.00. The number of nitrogens with zero attached hydrogens (tertiary/aromatic N) is 2. The van der Waals surface area contributed by atoms with E-state index in [1.54, 1.807) is 0 Å². The Balaban J connectivity index is 1.62. The molecule has 2 fully saturated rings. The Morgan fingerprint density at radius 2 is 1.80 bits per heavy atom. The molecule has 0 aromatic heterocycles. The molecule has 1 saturated heterocycles. The molecule has 2 unspecified atom stereocenters. The van der Waals surface area contributed by atoms with Gasteiger partial charge in [-0.15, -0.1) is 0 Å². The van der Waals surface area contributed by atoms with Crippen molar-refractivity contribution in [2.24, 2.45) is 11.8 Å². The Morgan fingerprint density at radius 3 is 2.40 bits per heavy atom. The van der Waals surface area contributed by atoms with E-state index in [9.17, 15) is 9.59 Å². The monoisotopic (exact) mass is 283 g/mol. The molecule has 0 aromatic carbocycles. The standard InChI is InChI=1S/C14H25N3O3/c1-16-6-8-17(9-7-16)5-4-15-13(18)11-2-3-12(10-11)14(19)20/h11-12H,2-10H2,1H3,(H,15,18)(H,19,20). The van der Waals surface area contributed by atoms with E-state index in [1.165, 1.54) is 0 Å². The molecule has 6 heteroatoms. The number of piperazine rings is 1. The van der Waals surface area contributed by atoms with Gasteiger partial charge in [-0.25, -0.2) is 0 Å². The number of aliphatic carboxylic acids is 1. The van der Waals surface area contributed by atoms with Gasteiger partial charge in [0.15, 0.2) is 0 Å². The third-order valence-corrected chi connectivity index (χ3v) is 4.48. The fourth-order valence-electron chi connectivity index (χ4n) is 3.00. The topological polar surface area (TPSA) is 72.9 Å². The first-order valence-electron chi connectivity index (χ1n) is 7.47. The molecular weight excluding hydrogens is 258 g/mol. The zero-order valence-corrected chi connectivity index (χ0v) is 12.2. The van der Waals surface area contributed by atoms with Crippen LogP contribution < -0.4 is 5.32 Å². The molecule has 20 heavy (non-hydrogen) atoms. The Kier molecular flexibility index (Phi) is 5.37. The van der Waals surface area contributed by atoms with Gasteiger partial charge in [-0.2, -0.15) is 0 Å². The Bertz CT molecular complexity index is 354. The minimum atomic E-state index is -0.766. The van der Waals surface area contributed by atoms with E-state index in [4.69, 9.17) is 5.11 Å². The van der Waals surface area contributed by atoms with Crippen molar-refractivity contribution in [3.63, 3.8) is 0 Å². The average molecular weight is 283 g/mol. The van der Waals surface area contributed by atoms with E-state index in [0.29, 0.717) is 25.8 Å². The normalized spacial score (nSPS) is 28.4. The number of hydrogen-bond acceptors (Lipinski definition) is 4. The molecule has 6 nitrogen and oxygen atoms in total. The van der Waals surface area contributed by atoms with Crippen LogP contribution in [-0.4, -0.2) is 73.1 Å². The lowest BCUT2D eigenvalue weighted by Gasteiger charge is -2.32. The molecule has 2 atom stereocenters.